The number of carboxylic acid groups (broad SMARTS) is 1. The van der Waals surface area contributed by atoms with Gasteiger partial charge in [0.25, 0.3) is 5.91 Å². The average molecular weight is 384 g/mol. The number of carbonyl (C=O) groups excluding carboxylic acids is 1. The molecular formula is C16H15Cl2N3O4. The Morgan fingerprint density at radius 1 is 1.28 bits per heavy atom. The maximum atomic E-state index is 12.4. The molecule has 7 nitrogen and oxygen atoms in total. The summed E-state index contributed by atoms with van der Waals surface area (Å²) in [5.41, 5.74) is 0.446. The number of carboxylic acids is 1. The lowest BCUT2D eigenvalue weighted by atomic mass is 10.2. The molecule has 2 rings (SSSR count). The lowest BCUT2D eigenvalue weighted by Gasteiger charge is -2.11. The molecule has 1 heterocycles. The van der Waals surface area contributed by atoms with E-state index in [1.165, 1.54) is 24.4 Å². The first kappa shape index (κ1) is 19.0. The van der Waals surface area contributed by atoms with Crippen molar-refractivity contribution in [2.75, 3.05) is 11.9 Å². The maximum Gasteiger partial charge on any atom is 0.341 e. The van der Waals surface area contributed by atoms with Crippen molar-refractivity contribution >= 4 is 40.8 Å². The molecule has 2 aromatic rings. The van der Waals surface area contributed by atoms with Crippen molar-refractivity contribution in [2.45, 2.75) is 19.8 Å². The van der Waals surface area contributed by atoms with Crippen LogP contribution in [0.4, 0.5) is 5.69 Å². The number of amides is 1. The second-order valence-electron chi connectivity index (χ2n) is 5.36. The fourth-order valence-electron chi connectivity index (χ4n) is 1.84. The highest BCUT2D eigenvalue weighted by atomic mass is 35.5. The number of nitrogens with one attached hydrogen (secondary N) is 1. The number of hydrogen-bond acceptors (Lipinski definition) is 5. The molecule has 1 amide bonds. The summed E-state index contributed by atoms with van der Waals surface area (Å²) in [6, 6.07) is 4.43. The molecule has 1 aromatic carbocycles. The van der Waals surface area contributed by atoms with E-state index >= 15 is 0 Å². The smallest absolute Gasteiger partial charge is 0.341 e. The molecule has 9 heteroatoms. The van der Waals surface area contributed by atoms with Gasteiger partial charge in [0.2, 0.25) is 0 Å². The van der Waals surface area contributed by atoms with Crippen molar-refractivity contribution in [1.82, 2.24) is 9.97 Å². The minimum atomic E-state index is -1.12. The molecule has 0 radical (unpaired) electrons. The molecule has 0 aliphatic heterocycles. The Morgan fingerprint density at radius 3 is 2.60 bits per heavy atom. The van der Waals surface area contributed by atoms with Crippen molar-refractivity contribution < 1.29 is 19.4 Å². The number of aliphatic carboxylic acids is 1. The van der Waals surface area contributed by atoms with Crippen LogP contribution in [0.1, 0.15) is 36.1 Å². The molecule has 0 bridgehead atoms. The molecule has 0 unspecified atom stereocenters. The monoisotopic (exact) mass is 383 g/mol. The molecule has 0 saturated carbocycles. The zero-order valence-corrected chi connectivity index (χ0v) is 14.9. The van der Waals surface area contributed by atoms with Crippen LogP contribution in [0, 0.1) is 0 Å². The Bertz CT molecular complexity index is 812. The molecule has 132 valence electrons. The van der Waals surface area contributed by atoms with E-state index in [1.807, 2.05) is 13.8 Å². The lowest BCUT2D eigenvalue weighted by Crippen LogP contribution is -2.16. The first-order chi connectivity index (χ1) is 11.8. The van der Waals surface area contributed by atoms with Gasteiger partial charge in [-0.2, -0.15) is 0 Å². The SMILES string of the molecule is CC(C)c1ncc(Cl)c(C(=O)Nc2ccc(OCC(=O)O)c(Cl)c2)n1. The number of aromatic nitrogens is 2. The quantitative estimate of drug-likeness (QED) is 0.789. The van der Waals surface area contributed by atoms with Crippen LogP contribution in [-0.4, -0.2) is 33.6 Å². The van der Waals surface area contributed by atoms with E-state index in [9.17, 15) is 9.59 Å². The normalized spacial score (nSPS) is 10.6. The van der Waals surface area contributed by atoms with Crippen molar-refractivity contribution in [1.29, 1.82) is 0 Å². The van der Waals surface area contributed by atoms with Gasteiger partial charge in [0.15, 0.2) is 12.3 Å². The molecule has 2 N–H and O–H groups in total. The first-order valence-electron chi connectivity index (χ1n) is 7.26. The van der Waals surface area contributed by atoms with E-state index in [4.69, 9.17) is 33.0 Å². The topological polar surface area (TPSA) is 101 Å². The molecule has 0 fully saturated rings. The van der Waals surface area contributed by atoms with Crippen LogP contribution in [0.3, 0.4) is 0 Å². The third-order valence-corrected chi connectivity index (χ3v) is 3.61. The average Bonchev–Trinajstić information content (AvgIpc) is 2.54. The van der Waals surface area contributed by atoms with Crippen LogP contribution < -0.4 is 10.1 Å². The molecule has 0 aliphatic carbocycles. The zero-order valence-electron chi connectivity index (χ0n) is 13.4. The van der Waals surface area contributed by atoms with Gasteiger partial charge in [-0.25, -0.2) is 14.8 Å². The van der Waals surface area contributed by atoms with Crippen molar-refractivity contribution in [3.63, 3.8) is 0 Å². The van der Waals surface area contributed by atoms with Gasteiger partial charge in [-0.15, -0.1) is 0 Å². The van der Waals surface area contributed by atoms with E-state index in [2.05, 4.69) is 15.3 Å². The number of ether oxygens (including phenoxy) is 1. The van der Waals surface area contributed by atoms with Crippen LogP contribution in [-0.2, 0) is 4.79 Å². The third kappa shape index (κ3) is 5.04. The lowest BCUT2D eigenvalue weighted by molar-refractivity contribution is -0.139. The summed E-state index contributed by atoms with van der Waals surface area (Å²) in [4.78, 5) is 31.2. The Kier molecular flexibility index (Phi) is 6.17. The van der Waals surface area contributed by atoms with Crippen molar-refractivity contribution in [3.8, 4) is 5.75 Å². The number of hydrogen-bond donors (Lipinski definition) is 2. The third-order valence-electron chi connectivity index (χ3n) is 3.04. The Labute approximate surface area is 154 Å². The van der Waals surface area contributed by atoms with Crippen LogP contribution in [0.2, 0.25) is 10.0 Å². The van der Waals surface area contributed by atoms with E-state index in [0.717, 1.165) is 0 Å². The van der Waals surface area contributed by atoms with Crippen LogP contribution in [0.5, 0.6) is 5.75 Å². The van der Waals surface area contributed by atoms with Gasteiger partial charge in [-0.05, 0) is 18.2 Å². The summed E-state index contributed by atoms with van der Waals surface area (Å²) in [6.07, 6.45) is 1.38. The Balaban J connectivity index is 2.17. The molecule has 0 atom stereocenters. The predicted molar refractivity (Wildman–Crippen MR) is 93.7 cm³/mol. The minimum absolute atomic E-state index is 0.0453. The predicted octanol–water partition coefficient (Wildman–Crippen LogP) is 3.62. The van der Waals surface area contributed by atoms with Gasteiger partial charge in [0, 0.05) is 11.6 Å². The number of benzene rings is 1. The van der Waals surface area contributed by atoms with Gasteiger partial charge in [-0.3, -0.25) is 4.79 Å². The van der Waals surface area contributed by atoms with Crippen molar-refractivity contribution in [3.05, 3.63) is 46.0 Å². The van der Waals surface area contributed by atoms with Gasteiger partial charge >= 0.3 is 5.97 Å². The van der Waals surface area contributed by atoms with Crippen LogP contribution >= 0.6 is 23.2 Å². The highest BCUT2D eigenvalue weighted by Crippen LogP contribution is 2.28. The van der Waals surface area contributed by atoms with Gasteiger partial charge < -0.3 is 15.2 Å². The van der Waals surface area contributed by atoms with Crippen molar-refractivity contribution in [2.24, 2.45) is 0 Å². The van der Waals surface area contributed by atoms with Gasteiger partial charge in [0.1, 0.15) is 11.6 Å². The van der Waals surface area contributed by atoms with Crippen LogP contribution in [0.25, 0.3) is 0 Å². The largest absolute Gasteiger partial charge is 0.480 e. The molecular weight excluding hydrogens is 369 g/mol. The molecule has 1 aromatic heterocycles. The standard InChI is InChI=1S/C16H15Cl2N3O4/c1-8(2)15-19-6-11(18)14(21-15)16(24)20-9-3-4-12(10(17)5-9)25-7-13(22)23/h3-6,8H,7H2,1-2H3,(H,20,24)(H,22,23). The van der Waals surface area contributed by atoms with Crippen LogP contribution in [0.15, 0.2) is 24.4 Å². The molecule has 25 heavy (non-hydrogen) atoms. The van der Waals surface area contributed by atoms with E-state index in [1.54, 1.807) is 0 Å². The second-order valence-corrected chi connectivity index (χ2v) is 6.18. The number of nitrogens with zero attached hydrogens (tertiary/aromatic N) is 2. The fraction of sp³-hybridized carbons (Fsp3) is 0.250. The highest BCUT2D eigenvalue weighted by Gasteiger charge is 2.16. The van der Waals surface area contributed by atoms with Gasteiger partial charge in [0.05, 0.1) is 16.2 Å². The minimum Gasteiger partial charge on any atom is -0.480 e. The molecule has 0 aliphatic rings. The first-order valence-corrected chi connectivity index (χ1v) is 8.01. The summed E-state index contributed by atoms with van der Waals surface area (Å²) in [6.45, 7) is 3.29. The number of anilines is 1. The summed E-state index contributed by atoms with van der Waals surface area (Å²) in [5.74, 6) is -0.879. The molecule has 0 saturated heterocycles. The highest BCUT2D eigenvalue weighted by molar-refractivity contribution is 6.34. The Morgan fingerprint density at radius 2 is 2.00 bits per heavy atom. The second kappa shape index (κ2) is 8.13. The Hall–Kier alpha value is -2.38. The summed E-state index contributed by atoms with van der Waals surface area (Å²) < 4.78 is 5.02. The van der Waals surface area contributed by atoms with E-state index in [-0.39, 0.29) is 27.4 Å². The van der Waals surface area contributed by atoms with E-state index in [0.29, 0.717) is 11.5 Å². The number of carbonyl (C=O) groups is 2. The summed E-state index contributed by atoms with van der Waals surface area (Å²) in [5, 5.41) is 11.5. The number of halogens is 2. The summed E-state index contributed by atoms with van der Waals surface area (Å²) in [7, 11) is 0. The van der Waals surface area contributed by atoms with E-state index < -0.39 is 18.5 Å². The summed E-state index contributed by atoms with van der Waals surface area (Å²) >= 11 is 12.0. The fourth-order valence-corrected chi connectivity index (χ4v) is 2.26. The maximum absolute atomic E-state index is 12.4. The molecule has 0 spiro atoms. The zero-order chi connectivity index (χ0) is 18.6. The van der Waals surface area contributed by atoms with Gasteiger partial charge in [-0.1, -0.05) is 37.0 Å². The number of rotatable bonds is 6.